The van der Waals surface area contributed by atoms with E-state index in [2.05, 4.69) is 22.2 Å². The van der Waals surface area contributed by atoms with Crippen molar-refractivity contribution in [3.05, 3.63) is 0 Å². The second-order valence-electron chi connectivity index (χ2n) is 6.19. The Balaban J connectivity index is 1.47. The molecule has 2 rings (SSSR count). The first-order valence-electron chi connectivity index (χ1n) is 7.96. The van der Waals surface area contributed by atoms with Crippen LogP contribution in [0.3, 0.4) is 0 Å². The predicted molar refractivity (Wildman–Crippen MR) is 78.0 cm³/mol. The average molecular weight is 253 g/mol. The van der Waals surface area contributed by atoms with Crippen LogP contribution in [0.5, 0.6) is 0 Å². The van der Waals surface area contributed by atoms with Gasteiger partial charge in [-0.25, -0.2) is 0 Å². The molecule has 1 aliphatic heterocycles. The second kappa shape index (κ2) is 8.13. The van der Waals surface area contributed by atoms with E-state index in [9.17, 15) is 0 Å². The maximum Gasteiger partial charge on any atom is 0.0107 e. The van der Waals surface area contributed by atoms with Gasteiger partial charge in [-0.1, -0.05) is 25.7 Å². The van der Waals surface area contributed by atoms with Crippen molar-refractivity contribution in [2.75, 3.05) is 52.9 Å². The molecule has 0 bridgehead atoms. The number of nitrogens with zero attached hydrogens (tertiary/aromatic N) is 2. The van der Waals surface area contributed by atoms with Gasteiger partial charge < -0.3 is 15.1 Å². The van der Waals surface area contributed by atoms with E-state index >= 15 is 0 Å². The number of piperazine rings is 1. The topological polar surface area (TPSA) is 18.5 Å². The van der Waals surface area contributed by atoms with E-state index in [1.165, 1.54) is 84.3 Å². The molecule has 0 radical (unpaired) electrons. The maximum absolute atomic E-state index is 3.41. The van der Waals surface area contributed by atoms with Gasteiger partial charge in [-0.15, -0.1) is 0 Å². The Morgan fingerprint density at radius 3 is 2.56 bits per heavy atom. The molecule has 106 valence electrons. The summed E-state index contributed by atoms with van der Waals surface area (Å²) in [6, 6.07) is 0. The highest BCUT2D eigenvalue weighted by Gasteiger charge is 2.15. The fourth-order valence-electron chi connectivity index (χ4n) is 3.31. The molecule has 0 unspecified atom stereocenters. The molecule has 18 heavy (non-hydrogen) atoms. The highest BCUT2D eigenvalue weighted by atomic mass is 15.2. The van der Waals surface area contributed by atoms with E-state index in [0.29, 0.717) is 0 Å². The van der Waals surface area contributed by atoms with Crippen LogP contribution in [0.1, 0.15) is 38.5 Å². The Morgan fingerprint density at radius 1 is 1.11 bits per heavy atom. The van der Waals surface area contributed by atoms with Gasteiger partial charge in [0, 0.05) is 26.2 Å². The Bertz CT molecular complexity index is 208. The minimum Gasteiger partial charge on any atom is -0.314 e. The Hall–Kier alpha value is -0.120. The fourth-order valence-corrected chi connectivity index (χ4v) is 3.31. The summed E-state index contributed by atoms with van der Waals surface area (Å²) in [4.78, 5) is 5.14. The average Bonchev–Trinajstić information content (AvgIpc) is 2.91. The molecule has 1 saturated carbocycles. The van der Waals surface area contributed by atoms with Crippen LogP contribution in [0, 0.1) is 5.92 Å². The van der Waals surface area contributed by atoms with Crippen molar-refractivity contribution in [2.45, 2.75) is 38.5 Å². The molecule has 0 aromatic rings. The van der Waals surface area contributed by atoms with E-state index in [4.69, 9.17) is 0 Å². The van der Waals surface area contributed by atoms with E-state index in [1.807, 2.05) is 0 Å². The molecule has 1 aliphatic carbocycles. The van der Waals surface area contributed by atoms with Crippen LogP contribution in [0.25, 0.3) is 0 Å². The van der Waals surface area contributed by atoms with Crippen molar-refractivity contribution in [3.8, 4) is 0 Å². The molecule has 1 saturated heterocycles. The minimum absolute atomic E-state index is 1.04. The molecule has 3 nitrogen and oxygen atoms in total. The van der Waals surface area contributed by atoms with Crippen LogP contribution in [0.2, 0.25) is 0 Å². The minimum atomic E-state index is 1.04. The van der Waals surface area contributed by atoms with Gasteiger partial charge in [0.05, 0.1) is 0 Å². The molecule has 1 heterocycles. The quantitative estimate of drug-likeness (QED) is 0.746. The Morgan fingerprint density at radius 2 is 1.83 bits per heavy atom. The van der Waals surface area contributed by atoms with E-state index < -0.39 is 0 Å². The highest BCUT2D eigenvalue weighted by molar-refractivity contribution is 4.70. The summed E-state index contributed by atoms with van der Waals surface area (Å²) in [5, 5.41) is 3.41. The molecule has 3 heteroatoms. The molecule has 0 atom stereocenters. The van der Waals surface area contributed by atoms with Gasteiger partial charge in [-0.2, -0.15) is 0 Å². The smallest absolute Gasteiger partial charge is 0.0107 e. The van der Waals surface area contributed by atoms with Gasteiger partial charge in [0.2, 0.25) is 0 Å². The van der Waals surface area contributed by atoms with Gasteiger partial charge in [-0.05, 0) is 45.4 Å². The molecule has 0 amide bonds. The maximum atomic E-state index is 3.41. The lowest BCUT2D eigenvalue weighted by Crippen LogP contribution is -2.44. The van der Waals surface area contributed by atoms with Crippen molar-refractivity contribution in [2.24, 2.45) is 5.92 Å². The molecular formula is C15H31N3. The van der Waals surface area contributed by atoms with Crippen LogP contribution >= 0.6 is 0 Å². The SMILES string of the molecule is CN(CCCN1CCNCC1)CCC1CCCC1. The second-order valence-corrected chi connectivity index (χ2v) is 6.19. The summed E-state index contributed by atoms with van der Waals surface area (Å²) in [7, 11) is 2.30. The van der Waals surface area contributed by atoms with E-state index in [1.54, 1.807) is 0 Å². The van der Waals surface area contributed by atoms with E-state index in [-0.39, 0.29) is 0 Å². The summed E-state index contributed by atoms with van der Waals surface area (Å²) in [6.45, 7) is 8.71. The van der Waals surface area contributed by atoms with Gasteiger partial charge in [0.25, 0.3) is 0 Å². The third-order valence-electron chi connectivity index (χ3n) is 4.62. The van der Waals surface area contributed by atoms with Crippen molar-refractivity contribution >= 4 is 0 Å². The first kappa shape index (κ1) is 14.3. The number of nitrogens with one attached hydrogen (secondary N) is 1. The number of hydrogen-bond acceptors (Lipinski definition) is 3. The largest absolute Gasteiger partial charge is 0.314 e. The zero-order valence-electron chi connectivity index (χ0n) is 12.2. The van der Waals surface area contributed by atoms with Gasteiger partial charge >= 0.3 is 0 Å². The zero-order valence-corrected chi connectivity index (χ0v) is 12.2. The van der Waals surface area contributed by atoms with Crippen LogP contribution in [-0.4, -0.2) is 62.7 Å². The van der Waals surface area contributed by atoms with Gasteiger partial charge in [0.15, 0.2) is 0 Å². The Labute approximate surface area is 113 Å². The molecule has 2 fully saturated rings. The Kier molecular flexibility index (Phi) is 6.46. The van der Waals surface area contributed by atoms with Crippen molar-refractivity contribution < 1.29 is 0 Å². The third-order valence-corrected chi connectivity index (χ3v) is 4.62. The lowest BCUT2D eigenvalue weighted by molar-refractivity contribution is 0.218. The number of hydrogen-bond donors (Lipinski definition) is 1. The molecule has 2 aliphatic rings. The van der Waals surface area contributed by atoms with Crippen molar-refractivity contribution in [3.63, 3.8) is 0 Å². The van der Waals surface area contributed by atoms with Crippen LogP contribution in [0.15, 0.2) is 0 Å². The molecule has 0 aromatic carbocycles. The fraction of sp³-hybridized carbons (Fsp3) is 1.00. The summed E-state index contributed by atoms with van der Waals surface area (Å²) in [5.41, 5.74) is 0. The van der Waals surface area contributed by atoms with E-state index in [0.717, 1.165) is 5.92 Å². The zero-order chi connectivity index (χ0) is 12.6. The van der Waals surface area contributed by atoms with Crippen LogP contribution < -0.4 is 5.32 Å². The monoisotopic (exact) mass is 253 g/mol. The summed E-state index contributed by atoms with van der Waals surface area (Å²) < 4.78 is 0. The summed E-state index contributed by atoms with van der Waals surface area (Å²) in [6.07, 6.45) is 8.73. The van der Waals surface area contributed by atoms with Crippen molar-refractivity contribution in [1.29, 1.82) is 0 Å². The lowest BCUT2D eigenvalue weighted by Gasteiger charge is -2.28. The van der Waals surface area contributed by atoms with Gasteiger partial charge in [0.1, 0.15) is 0 Å². The first-order chi connectivity index (χ1) is 8.84. The molecule has 0 aromatic heterocycles. The highest BCUT2D eigenvalue weighted by Crippen LogP contribution is 2.27. The van der Waals surface area contributed by atoms with Gasteiger partial charge in [-0.3, -0.25) is 0 Å². The predicted octanol–water partition coefficient (Wildman–Crippen LogP) is 1.79. The first-order valence-corrected chi connectivity index (χ1v) is 7.96. The van der Waals surface area contributed by atoms with Crippen molar-refractivity contribution in [1.82, 2.24) is 15.1 Å². The molecule has 0 spiro atoms. The third kappa shape index (κ3) is 5.25. The lowest BCUT2D eigenvalue weighted by atomic mass is 10.0. The summed E-state index contributed by atoms with van der Waals surface area (Å²) >= 11 is 0. The molecule has 1 N–H and O–H groups in total. The van der Waals surface area contributed by atoms with Crippen LogP contribution in [-0.2, 0) is 0 Å². The standard InChI is InChI=1S/C15H31N3/c1-17(12-7-15-5-2-3-6-15)10-4-11-18-13-8-16-9-14-18/h15-16H,2-14H2,1H3. The summed E-state index contributed by atoms with van der Waals surface area (Å²) in [5.74, 6) is 1.04. The normalized spacial score (nSPS) is 23.0. The van der Waals surface area contributed by atoms with Crippen LogP contribution in [0.4, 0.5) is 0 Å². The molecular weight excluding hydrogens is 222 g/mol. The number of rotatable bonds is 7.